The van der Waals surface area contributed by atoms with E-state index in [-0.39, 0.29) is 25.2 Å². The Morgan fingerprint density at radius 3 is 1.12 bits per heavy atom. The van der Waals surface area contributed by atoms with E-state index in [1.165, 1.54) is 109 Å². The quantitative estimate of drug-likeness (QED) is 0.0346. The van der Waals surface area contributed by atoms with E-state index in [2.05, 4.69) is 118 Å². The minimum atomic E-state index is -0.588. The van der Waals surface area contributed by atoms with Gasteiger partial charge in [-0.05, 0) is 83.5 Å². The molecule has 0 fully saturated rings. The maximum atomic E-state index is 12.8. The molecule has 5 heteroatoms. The van der Waals surface area contributed by atoms with Crippen LogP contribution in [0, 0.1) is 0 Å². The fourth-order valence-corrected chi connectivity index (χ4v) is 7.24. The topological polar surface area (TPSA) is 61.8 Å². The Bertz CT molecular complexity index is 1230. The average Bonchev–Trinajstić information content (AvgIpc) is 3.30. The molecule has 1 unspecified atom stereocenters. The summed E-state index contributed by atoms with van der Waals surface area (Å²) in [6, 6.07) is 0. The van der Waals surface area contributed by atoms with E-state index in [4.69, 9.17) is 14.2 Å². The Morgan fingerprint density at radius 2 is 0.703 bits per heavy atom. The fraction of sp³-hybridized carbons (Fsp3) is 0.695. The van der Waals surface area contributed by atoms with Crippen molar-refractivity contribution in [2.75, 3.05) is 19.8 Å². The lowest BCUT2D eigenvalue weighted by Crippen LogP contribution is -2.30. The first kappa shape index (κ1) is 60.8. The van der Waals surface area contributed by atoms with Crippen LogP contribution >= 0.6 is 0 Å². The summed E-state index contributed by atoms with van der Waals surface area (Å²) in [5.41, 5.74) is 0. The van der Waals surface area contributed by atoms with Crippen molar-refractivity contribution >= 4 is 11.9 Å². The van der Waals surface area contributed by atoms with E-state index in [1.807, 2.05) is 0 Å². The van der Waals surface area contributed by atoms with E-state index < -0.39 is 6.10 Å². The van der Waals surface area contributed by atoms with Gasteiger partial charge in [-0.2, -0.15) is 0 Å². The molecule has 0 radical (unpaired) electrons. The molecule has 0 saturated carbocycles. The largest absolute Gasteiger partial charge is 0.462 e. The van der Waals surface area contributed by atoms with Gasteiger partial charge in [-0.3, -0.25) is 9.59 Å². The molecular formula is C59H100O5. The first-order valence-electron chi connectivity index (χ1n) is 26.8. The minimum Gasteiger partial charge on any atom is -0.462 e. The number of rotatable bonds is 48. The smallest absolute Gasteiger partial charge is 0.306 e. The van der Waals surface area contributed by atoms with E-state index in [1.54, 1.807) is 0 Å². The lowest BCUT2D eigenvalue weighted by molar-refractivity contribution is -0.162. The van der Waals surface area contributed by atoms with Gasteiger partial charge in [0.1, 0.15) is 6.61 Å². The lowest BCUT2D eigenvalue weighted by atomic mass is 10.0. The van der Waals surface area contributed by atoms with Gasteiger partial charge in [-0.25, -0.2) is 0 Å². The zero-order valence-electron chi connectivity index (χ0n) is 42.0. The number of carbonyl (C=O) groups excluding carboxylic acids is 2. The van der Waals surface area contributed by atoms with Crippen LogP contribution in [0.2, 0.25) is 0 Å². The van der Waals surface area contributed by atoms with Gasteiger partial charge >= 0.3 is 11.9 Å². The van der Waals surface area contributed by atoms with E-state index in [0.717, 1.165) is 96.3 Å². The maximum absolute atomic E-state index is 12.8. The summed E-state index contributed by atoms with van der Waals surface area (Å²) in [5, 5.41) is 0. The van der Waals surface area contributed by atoms with E-state index in [0.29, 0.717) is 19.4 Å². The van der Waals surface area contributed by atoms with Crippen LogP contribution in [0.15, 0.2) is 97.2 Å². The number of esters is 2. The summed E-state index contributed by atoms with van der Waals surface area (Å²) in [6.07, 6.45) is 73.0. The van der Waals surface area contributed by atoms with Crippen molar-refractivity contribution in [2.24, 2.45) is 0 Å². The third kappa shape index (κ3) is 51.5. The van der Waals surface area contributed by atoms with Crippen molar-refractivity contribution in [3.05, 3.63) is 97.2 Å². The summed E-state index contributed by atoms with van der Waals surface area (Å²) in [5.74, 6) is -0.455. The lowest BCUT2D eigenvalue weighted by Gasteiger charge is -2.18. The Kier molecular flexibility index (Phi) is 51.5. The van der Waals surface area contributed by atoms with Crippen LogP contribution in [0.5, 0.6) is 0 Å². The van der Waals surface area contributed by atoms with Crippen molar-refractivity contribution in [1.29, 1.82) is 0 Å². The van der Waals surface area contributed by atoms with Crippen LogP contribution in [-0.4, -0.2) is 37.9 Å². The van der Waals surface area contributed by atoms with Gasteiger partial charge in [0.2, 0.25) is 0 Å². The second-order valence-electron chi connectivity index (χ2n) is 17.4. The molecule has 5 nitrogen and oxygen atoms in total. The zero-order valence-corrected chi connectivity index (χ0v) is 42.0. The second-order valence-corrected chi connectivity index (χ2v) is 17.4. The highest BCUT2D eigenvalue weighted by Gasteiger charge is 2.17. The van der Waals surface area contributed by atoms with Gasteiger partial charge in [0.25, 0.3) is 0 Å². The summed E-state index contributed by atoms with van der Waals surface area (Å²) < 4.78 is 17.3. The SMILES string of the molecule is CC/C=C\C/C=C\C/C=C\C/C=C\C/C=C\CCOCC(COC(=O)CCCCCCCCCCCCCCCCCCC)OC(=O)CCCCCCC/C=C\C/C=C\C/C=C\CC. The van der Waals surface area contributed by atoms with Crippen molar-refractivity contribution in [3.63, 3.8) is 0 Å². The number of ether oxygens (including phenoxy) is 3. The molecule has 0 N–H and O–H groups in total. The summed E-state index contributed by atoms with van der Waals surface area (Å²) in [4.78, 5) is 25.4. The number of allylic oxidation sites excluding steroid dienone is 15. The monoisotopic (exact) mass is 889 g/mol. The summed E-state index contributed by atoms with van der Waals surface area (Å²) >= 11 is 0. The molecule has 1 atom stereocenters. The molecular weight excluding hydrogens is 789 g/mol. The Hall–Kier alpha value is -3.18. The normalized spacial score (nSPS) is 13.0. The van der Waals surface area contributed by atoms with Crippen LogP contribution in [0.1, 0.15) is 239 Å². The van der Waals surface area contributed by atoms with Gasteiger partial charge in [-0.1, -0.05) is 240 Å². The maximum Gasteiger partial charge on any atom is 0.306 e. The summed E-state index contributed by atoms with van der Waals surface area (Å²) in [7, 11) is 0. The molecule has 0 aliphatic carbocycles. The number of hydrogen-bond donors (Lipinski definition) is 0. The zero-order chi connectivity index (χ0) is 46.3. The molecule has 0 aliphatic heterocycles. The molecule has 0 saturated heterocycles. The van der Waals surface area contributed by atoms with Gasteiger partial charge in [0, 0.05) is 12.8 Å². The molecule has 0 aliphatic rings. The van der Waals surface area contributed by atoms with Gasteiger partial charge in [-0.15, -0.1) is 0 Å². The Labute approximate surface area is 396 Å². The predicted octanol–water partition coefficient (Wildman–Crippen LogP) is 18.2. The third-order valence-corrected chi connectivity index (χ3v) is 11.1. The highest BCUT2D eigenvalue weighted by Crippen LogP contribution is 2.15. The van der Waals surface area contributed by atoms with Crippen LogP contribution in [0.3, 0.4) is 0 Å². The van der Waals surface area contributed by atoms with Gasteiger partial charge in [0.05, 0.1) is 13.2 Å². The highest BCUT2D eigenvalue weighted by atomic mass is 16.6. The van der Waals surface area contributed by atoms with Crippen molar-refractivity contribution < 1.29 is 23.8 Å². The molecule has 0 spiro atoms. The van der Waals surface area contributed by atoms with Crippen LogP contribution in [0.4, 0.5) is 0 Å². The minimum absolute atomic E-state index is 0.0460. The third-order valence-electron chi connectivity index (χ3n) is 11.1. The molecule has 0 aromatic carbocycles. The van der Waals surface area contributed by atoms with Crippen molar-refractivity contribution in [1.82, 2.24) is 0 Å². The van der Waals surface area contributed by atoms with Crippen LogP contribution < -0.4 is 0 Å². The predicted molar refractivity (Wildman–Crippen MR) is 279 cm³/mol. The van der Waals surface area contributed by atoms with E-state index in [9.17, 15) is 9.59 Å². The first-order chi connectivity index (χ1) is 31.6. The molecule has 64 heavy (non-hydrogen) atoms. The van der Waals surface area contributed by atoms with Gasteiger partial charge < -0.3 is 14.2 Å². The molecule has 0 rings (SSSR count). The average molecular weight is 889 g/mol. The highest BCUT2D eigenvalue weighted by molar-refractivity contribution is 5.70. The molecule has 0 heterocycles. The Morgan fingerprint density at radius 1 is 0.359 bits per heavy atom. The number of unbranched alkanes of at least 4 members (excludes halogenated alkanes) is 21. The first-order valence-corrected chi connectivity index (χ1v) is 26.8. The van der Waals surface area contributed by atoms with Crippen molar-refractivity contribution in [2.45, 2.75) is 245 Å². The standard InChI is InChI=1S/C59H100O5/c1-4-7-10-13-16-19-22-25-28-30-32-34-37-40-43-46-49-52-58(60)63-56-57(55-62-54-51-48-45-42-39-36-33-29-26-23-20-17-14-11-8-5-2)64-59(61)53-50-47-44-41-38-35-31-27-24-21-18-15-12-9-6-3/h8-9,11-12,17-18,20-21,26-27,29,31,36,39,45,48,57H,4-7,10,13-16,19,22-25,28,30,32-35,37-38,40-44,46-47,49-56H2,1-3H3/b11-8-,12-9-,20-17-,21-18-,29-26-,31-27-,39-36-,48-45-. The molecule has 0 aromatic rings. The number of carbonyl (C=O) groups is 2. The second kappa shape index (κ2) is 54.2. The molecule has 0 amide bonds. The fourth-order valence-electron chi connectivity index (χ4n) is 7.24. The Balaban J connectivity index is 4.39. The summed E-state index contributed by atoms with van der Waals surface area (Å²) in [6.45, 7) is 7.39. The molecule has 366 valence electrons. The molecule has 0 aromatic heterocycles. The number of hydrogen-bond acceptors (Lipinski definition) is 5. The van der Waals surface area contributed by atoms with Crippen molar-refractivity contribution in [3.8, 4) is 0 Å². The van der Waals surface area contributed by atoms with Crippen LogP contribution in [0.25, 0.3) is 0 Å². The van der Waals surface area contributed by atoms with E-state index >= 15 is 0 Å². The van der Waals surface area contributed by atoms with Crippen LogP contribution in [-0.2, 0) is 23.8 Å². The van der Waals surface area contributed by atoms with Gasteiger partial charge in [0.15, 0.2) is 6.10 Å². The molecule has 0 bridgehead atoms.